The van der Waals surface area contributed by atoms with Crippen molar-refractivity contribution in [1.82, 2.24) is 9.88 Å². The number of carboxylic acid groups (broad SMARTS) is 1. The van der Waals surface area contributed by atoms with Crippen molar-refractivity contribution < 1.29 is 20.1 Å². The Bertz CT molecular complexity index is 415. The monoisotopic (exact) mass is 224 g/mol. The number of hydrogen-bond acceptors (Lipinski definition) is 4. The average molecular weight is 224 g/mol. The van der Waals surface area contributed by atoms with E-state index >= 15 is 0 Å². The molecule has 1 aromatic heterocycles. The minimum atomic E-state index is -1.22. The van der Waals surface area contributed by atoms with Crippen LogP contribution in [0.2, 0.25) is 0 Å². The normalized spacial score (nSPS) is 18.0. The fourth-order valence-corrected chi connectivity index (χ4v) is 1.71. The highest BCUT2D eigenvalue weighted by atomic mass is 16.4. The Morgan fingerprint density at radius 3 is 2.75 bits per heavy atom. The molecule has 0 bridgehead atoms. The Morgan fingerprint density at radius 1 is 1.50 bits per heavy atom. The van der Waals surface area contributed by atoms with Gasteiger partial charge in [0.15, 0.2) is 0 Å². The van der Waals surface area contributed by atoms with E-state index in [1.165, 1.54) is 0 Å². The molecule has 86 valence electrons. The molecule has 0 aromatic carbocycles. The summed E-state index contributed by atoms with van der Waals surface area (Å²) in [5.74, 6) is 0. The number of hydrogen-bond donors (Lipinski definition) is 3. The summed E-state index contributed by atoms with van der Waals surface area (Å²) in [7, 11) is 0. The second-order valence-electron chi connectivity index (χ2n) is 3.84. The van der Waals surface area contributed by atoms with Crippen LogP contribution in [0.3, 0.4) is 0 Å². The minimum absolute atomic E-state index is 0.0181. The van der Waals surface area contributed by atoms with Gasteiger partial charge < -0.3 is 20.2 Å². The molecule has 0 saturated carbocycles. The highest BCUT2D eigenvalue weighted by molar-refractivity contribution is 5.66. The summed E-state index contributed by atoms with van der Waals surface area (Å²) in [5.41, 5.74) is -0.361. The maximum atomic E-state index is 10.6. The van der Waals surface area contributed by atoms with Gasteiger partial charge in [0.2, 0.25) is 0 Å². The number of carbonyl (C=O) groups is 1. The number of aliphatic hydroxyl groups is 2. The van der Waals surface area contributed by atoms with E-state index in [0.29, 0.717) is 11.4 Å². The predicted octanol–water partition coefficient (Wildman–Crippen LogP) is -0.245. The van der Waals surface area contributed by atoms with Gasteiger partial charge in [0.25, 0.3) is 0 Å². The largest absolute Gasteiger partial charge is 0.465 e. The second kappa shape index (κ2) is 3.73. The molecule has 6 heteroatoms. The van der Waals surface area contributed by atoms with Gasteiger partial charge in [-0.2, -0.15) is 0 Å². The fourth-order valence-electron chi connectivity index (χ4n) is 1.71. The van der Waals surface area contributed by atoms with E-state index in [2.05, 4.69) is 4.98 Å². The van der Waals surface area contributed by atoms with Crippen LogP contribution < -0.4 is 0 Å². The molecule has 1 aliphatic rings. The number of amides is 1. The Labute approximate surface area is 91.8 Å². The first kappa shape index (κ1) is 10.8. The number of pyridine rings is 1. The van der Waals surface area contributed by atoms with Gasteiger partial charge in [0.05, 0.1) is 31.1 Å². The summed E-state index contributed by atoms with van der Waals surface area (Å²) >= 11 is 0. The molecule has 2 rings (SSSR count). The highest BCUT2D eigenvalue weighted by Gasteiger charge is 2.46. The first-order chi connectivity index (χ1) is 7.55. The fraction of sp³-hybridized carbons (Fsp3) is 0.400. The van der Waals surface area contributed by atoms with Crippen molar-refractivity contribution in [1.29, 1.82) is 0 Å². The molecule has 3 N–H and O–H groups in total. The first-order valence-corrected chi connectivity index (χ1v) is 4.83. The van der Waals surface area contributed by atoms with Crippen LogP contribution in [0.4, 0.5) is 4.79 Å². The number of aromatic nitrogens is 1. The molecule has 0 spiro atoms. The van der Waals surface area contributed by atoms with Crippen LogP contribution in [0.5, 0.6) is 0 Å². The zero-order valence-corrected chi connectivity index (χ0v) is 8.50. The molecule has 16 heavy (non-hydrogen) atoms. The third-order valence-corrected chi connectivity index (χ3v) is 2.62. The van der Waals surface area contributed by atoms with Gasteiger partial charge in [-0.3, -0.25) is 4.98 Å². The average Bonchev–Trinajstić information content (AvgIpc) is 2.24. The molecular formula is C10H12N2O4. The van der Waals surface area contributed by atoms with Crippen LogP contribution in [0, 0.1) is 0 Å². The van der Waals surface area contributed by atoms with Crippen LogP contribution in [-0.4, -0.2) is 44.4 Å². The van der Waals surface area contributed by atoms with Crippen molar-refractivity contribution in [2.75, 3.05) is 13.1 Å². The molecule has 0 aliphatic carbocycles. The third-order valence-electron chi connectivity index (χ3n) is 2.62. The zero-order valence-electron chi connectivity index (χ0n) is 8.50. The quantitative estimate of drug-likeness (QED) is 0.644. The molecule has 1 aliphatic heterocycles. The standard InChI is InChI=1S/C10H12N2O4/c13-4-7-2-1-3-8(11-7)10(16)5-12(6-10)9(14)15/h1-3,13,16H,4-6H2,(H,14,15). The Morgan fingerprint density at radius 2 is 2.19 bits per heavy atom. The van der Waals surface area contributed by atoms with Crippen molar-refractivity contribution in [2.24, 2.45) is 0 Å². The van der Waals surface area contributed by atoms with E-state index in [1.807, 2.05) is 0 Å². The minimum Gasteiger partial charge on any atom is -0.465 e. The molecule has 1 aromatic rings. The van der Waals surface area contributed by atoms with Gasteiger partial charge in [-0.1, -0.05) is 6.07 Å². The lowest BCUT2D eigenvalue weighted by atomic mass is 9.90. The summed E-state index contributed by atoms with van der Waals surface area (Å²) in [6.45, 7) is -0.166. The van der Waals surface area contributed by atoms with Crippen molar-refractivity contribution in [2.45, 2.75) is 12.2 Å². The summed E-state index contributed by atoms with van der Waals surface area (Å²) < 4.78 is 0. The van der Waals surface area contributed by atoms with Crippen LogP contribution in [-0.2, 0) is 12.2 Å². The van der Waals surface area contributed by atoms with Gasteiger partial charge in [0.1, 0.15) is 5.60 Å². The molecule has 0 atom stereocenters. The molecule has 6 nitrogen and oxygen atoms in total. The van der Waals surface area contributed by atoms with Crippen LogP contribution in [0.1, 0.15) is 11.4 Å². The molecule has 0 radical (unpaired) electrons. The van der Waals surface area contributed by atoms with Gasteiger partial charge in [-0.25, -0.2) is 4.79 Å². The van der Waals surface area contributed by atoms with Crippen molar-refractivity contribution >= 4 is 6.09 Å². The van der Waals surface area contributed by atoms with E-state index in [-0.39, 0.29) is 19.7 Å². The predicted molar refractivity (Wildman–Crippen MR) is 53.7 cm³/mol. The second-order valence-corrected chi connectivity index (χ2v) is 3.84. The van der Waals surface area contributed by atoms with Gasteiger partial charge in [0, 0.05) is 0 Å². The van der Waals surface area contributed by atoms with E-state index in [0.717, 1.165) is 4.90 Å². The zero-order chi connectivity index (χ0) is 11.8. The maximum absolute atomic E-state index is 10.6. The van der Waals surface area contributed by atoms with E-state index in [4.69, 9.17) is 10.2 Å². The lowest BCUT2D eigenvalue weighted by molar-refractivity contribution is -0.0928. The van der Waals surface area contributed by atoms with Crippen molar-refractivity contribution in [3.05, 3.63) is 29.6 Å². The molecular weight excluding hydrogens is 212 g/mol. The number of likely N-dealkylation sites (tertiary alicyclic amines) is 1. The Kier molecular flexibility index (Phi) is 2.53. The van der Waals surface area contributed by atoms with Crippen LogP contribution >= 0.6 is 0 Å². The number of rotatable bonds is 2. The highest BCUT2D eigenvalue weighted by Crippen LogP contribution is 2.30. The SMILES string of the molecule is O=C(O)N1CC(O)(c2cccc(CO)n2)C1. The molecule has 1 fully saturated rings. The summed E-state index contributed by atoms with van der Waals surface area (Å²) in [6.07, 6.45) is -1.05. The Hall–Kier alpha value is -1.66. The molecule has 1 amide bonds. The van der Waals surface area contributed by atoms with Gasteiger partial charge in [-0.15, -0.1) is 0 Å². The van der Waals surface area contributed by atoms with Crippen molar-refractivity contribution in [3.63, 3.8) is 0 Å². The third kappa shape index (κ3) is 1.72. The summed E-state index contributed by atoms with van der Waals surface area (Å²) in [5, 5.41) is 27.6. The van der Waals surface area contributed by atoms with Gasteiger partial charge >= 0.3 is 6.09 Å². The first-order valence-electron chi connectivity index (χ1n) is 4.83. The summed E-state index contributed by atoms with van der Waals surface area (Å²) in [4.78, 5) is 15.7. The van der Waals surface area contributed by atoms with Crippen LogP contribution in [0.25, 0.3) is 0 Å². The molecule has 1 saturated heterocycles. The Balaban J connectivity index is 2.16. The lowest BCUT2D eigenvalue weighted by Gasteiger charge is -2.44. The number of aliphatic hydroxyl groups excluding tert-OH is 1. The van der Waals surface area contributed by atoms with E-state index < -0.39 is 11.7 Å². The van der Waals surface area contributed by atoms with Gasteiger partial charge in [-0.05, 0) is 12.1 Å². The molecule has 2 heterocycles. The van der Waals surface area contributed by atoms with E-state index in [1.54, 1.807) is 18.2 Å². The maximum Gasteiger partial charge on any atom is 0.407 e. The van der Waals surface area contributed by atoms with Crippen LogP contribution in [0.15, 0.2) is 18.2 Å². The smallest absolute Gasteiger partial charge is 0.407 e. The topological polar surface area (TPSA) is 93.9 Å². The number of nitrogens with zero attached hydrogens (tertiary/aromatic N) is 2. The van der Waals surface area contributed by atoms with E-state index in [9.17, 15) is 9.90 Å². The molecule has 0 unspecified atom stereocenters. The van der Waals surface area contributed by atoms with Crippen molar-refractivity contribution in [3.8, 4) is 0 Å². The lowest BCUT2D eigenvalue weighted by Crippen LogP contribution is -2.61. The number of β-amino-alcohol motifs (C(OH)–C–C–N with tert-alkyl or cyclic N) is 1. The summed E-state index contributed by atoms with van der Waals surface area (Å²) in [6, 6.07) is 4.94.